The number of rotatable bonds is 6. The van der Waals surface area contributed by atoms with Gasteiger partial charge in [0.15, 0.2) is 0 Å². The molecule has 0 aromatic rings. The summed E-state index contributed by atoms with van der Waals surface area (Å²) in [4.78, 5) is 1.17. The molecule has 0 aliphatic heterocycles. The molecule has 0 saturated heterocycles. The Morgan fingerprint density at radius 2 is 1.94 bits per heavy atom. The number of nitrogens with zero attached hydrogens (tertiary/aromatic N) is 1. The van der Waals surface area contributed by atoms with E-state index in [0.29, 0.717) is 0 Å². The minimum Gasteiger partial charge on any atom is -0.393 e. The van der Waals surface area contributed by atoms with Gasteiger partial charge in [-0.2, -0.15) is 13.2 Å². The molecule has 2 atom stereocenters. The van der Waals surface area contributed by atoms with E-state index in [1.807, 2.05) is 13.8 Å². The molecule has 0 aromatic heterocycles. The monoisotopic (exact) mass is 256 g/mol. The molecule has 96 valence electrons. The summed E-state index contributed by atoms with van der Waals surface area (Å²) in [5.74, 6) is -1.72. The average molecular weight is 256 g/mol. The Bertz CT molecular complexity index is 231. The normalized spacial score (nSPS) is 16.2. The first-order valence-corrected chi connectivity index (χ1v) is 5.67. The van der Waals surface area contributed by atoms with E-state index in [2.05, 4.69) is 12.2 Å². The predicted molar refractivity (Wildman–Crippen MR) is 63.3 cm³/mol. The Hall–Kier alpha value is -0.360. The fourth-order valence-corrected chi connectivity index (χ4v) is 1.67. The van der Waals surface area contributed by atoms with Crippen LogP contribution >= 0.6 is 12.2 Å². The van der Waals surface area contributed by atoms with E-state index in [4.69, 9.17) is 5.73 Å². The molecule has 2 unspecified atom stereocenters. The average Bonchev–Trinajstić information content (AvgIpc) is 2.11. The zero-order chi connectivity index (χ0) is 12.9. The van der Waals surface area contributed by atoms with Crippen LogP contribution in [-0.4, -0.2) is 35.7 Å². The number of alkyl halides is 3. The Morgan fingerprint density at radius 3 is 2.25 bits per heavy atom. The van der Waals surface area contributed by atoms with Crippen LogP contribution in [0.5, 0.6) is 0 Å². The van der Waals surface area contributed by atoms with Gasteiger partial charge in [0.1, 0.15) is 5.92 Å². The van der Waals surface area contributed by atoms with E-state index < -0.39 is 17.1 Å². The van der Waals surface area contributed by atoms with E-state index in [9.17, 15) is 13.2 Å². The predicted octanol–water partition coefficient (Wildman–Crippen LogP) is 2.57. The second-order valence-corrected chi connectivity index (χ2v) is 4.55. The number of thiocarbonyl (C=S) groups is 1. The van der Waals surface area contributed by atoms with Gasteiger partial charge in [0.05, 0.1) is 4.99 Å². The van der Waals surface area contributed by atoms with Crippen LogP contribution in [0.4, 0.5) is 13.2 Å². The summed E-state index contributed by atoms with van der Waals surface area (Å²) in [6.45, 7) is 3.73. The van der Waals surface area contributed by atoms with Crippen LogP contribution in [0.3, 0.4) is 0 Å². The van der Waals surface area contributed by atoms with Crippen molar-refractivity contribution in [3.05, 3.63) is 0 Å². The number of hydrogen-bond acceptors (Lipinski definition) is 2. The Labute approximate surface area is 100.0 Å². The van der Waals surface area contributed by atoms with Crippen LogP contribution in [0, 0.1) is 5.92 Å². The largest absolute Gasteiger partial charge is 0.399 e. The summed E-state index contributed by atoms with van der Waals surface area (Å²) in [5.41, 5.74) is 5.13. The van der Waals surface area contributed by atoms with E-state index in [-0.39, 0.29) is 12.6 Å². The van der Waals surface area contributed by atoms with Crippen molar-refractivity contribution < 1.29 is 13.2 Å². The molecule has 0 rings (SSSR count). The van der Waals surface area contributed by atoms with Crippen LogP contribution in [0.15, 0.2) is 0 Å². The van der Waals surface area contributed by atoms with Crippen molar-refractivity contribution in [2.75, 3.05) is 13.6 Å². The van der Waals surface area contributed by atoms with Crippen molar-refractivity contribution in [1.82, 2.24) is 4.90 Å². The lowest BCUT2D eigenvalue weighted by molar-refractivity contribution is -0.159. The molecule has 0 aliphatic carbocycles. The summed E-state index contributed by atoms with van der Waals surface area (Å²) in [6, 6.07) is 0.101. The van der Waals surface area contributed by atoms with Gasteiger partial charge in [0.25, 0.3) is 0 Å². The zero-order valence-corrected chi connectivity index (χ0v) is 10.7. The highest BCUT2D eigenvalue weighted by Crippen LogP contribution is 2.27. The van der Waals surface area contributed by atoms with E-state index in [1.54, 1.807) is 11.9 Å². The number of hydrogen-bond donors (Lipinski definition) is 1. The van der Waals surface area contributed by atoms with Crippen molar-refractivity contribution in [1.29, 1.82) is 0 Å². The molecular weight excluding hydrogens is 237 g/mol. The van der Waals surface area contributed by atoms with Crippen molar-refractivity contribution >= 4 is 17.2 Å². The maximum absolute atomic E-state index is 12.6. The van der Waals surface area contributed by atoms with E-state index in [1.165, 1.54) is 0 Å². The lowest BCUT2D eigenvalue weighted by Gasteiger charge is -2.29. The van der Waals surface area contributed by atoms with Crippen LogP contribution in [0.25, 0.3) is 0 Å². The van der Waals surface area contributed by atoms with Crippen molar-refractivity contribution in [3.8, 4) is 0 Å². The molecule has 2 nitrogen and oxygen atoms in total. The number of halogens is 3. The number of nitrogens with two attached hydrogens (primary N) is 1. The van der Waals surface area contributed by atoms with Gasteiger partial charge in [-0.15, -0.1) is 0 Å². The molecule has 0 saturated carbocycles. The second-order valence-electron chi connectivity index (χ2n) is 4.07. The molecule has 0 aromatic carbocycles. The zero-order valence-electron chi connectivity index (χ0n) is 9.84. The highest BCUT2D eigenvalue weighted by atomic mass is 32.1. The first kappa shape index (κ1) is 15.6. The lowest BCUT2D eigenvalue weighted by Crippen LogP contribution is -2.44. The van der Waals surface area contributed by atoms with Gasteiger partial charge >= 0.3 is 6.18 Å². The molecular formula is C10H19F3N2S. The van der Waals surface area contributed by atoms with Gasteiger partial charge in [0, 0.05) is 12.6 Å². The summed E-state index contributed by atoms with van der Waals surface area (Å²) < 4.78 is 37.8. The van der Waals surface area contributed by atoms with Gasteiger partial charge < -0.3 is 10.6 Å². The van der Waals surface area contributed by atoms with Gasteiger partial charge in [0.2, 0.25) is 0 Å². The highest BCUT2D eigenvalue weighted by Gasteiger charge is 2.42. The van der Waals surface area contributed by atoms with Gasteiger partial charge in [-0.05, 0) is 20.4 Å². The molecule has 0 radical (unpaired) electrons. The SMILES string of the molecule is CCCC(C)N(C)CC(C(N)=S)C(F)(F)F. The van der Waals surface area contributed by atoms with Crippen LogP contribution in [0.1, 0.15) is 26.7 Å². The van der Waals surface area contributed by atoms with Crippen LogP contribution in [-0.2, 0) is 0 Å². The van der Waals surface area contributed by atoms with Crippen molar-refractivity contribution in [2.45, 2.75) is 38.9 Å². The minimum atomic E-state index is -4.36. The molecule has 0 amide bonds. The van der Waals surface area contributed by atoms with Gasteiger partial charge in [-0.1, -0.05) is 25.6 Å². The van der Waals surface area contributed by atoms with Crippen molar-refractivity contribution in [3.63, 3.8) is 0 Å². The van der Waals surface area contributed by atoms with Gasteiger partial charge in [-0.25, -0.2) is 0 Å². The summed E-state index contributed by atoms with van der Waals surface area (Å²) in [5, 5.41) is 0. The van der Waals surface area contributed by atoms with Gasteiger partial charge in [-0.3, -0.25) is 0 Å². The van der Waals surface area contributed by atoms with Crippen molar-refractivity contribution in [2.24, 2.45) is 11.7 Å². The molecule has 0 fully saturated rings. The fraction of sp³-hybridized carbons (Fsp3) is 0.900. The maximum atomic E-state index is 12.6. The Kier molecular flexibility index (Phi) is 6.25. The Morgan fingerprint density at radius 1 is 1.44 bits per heavy atom. The molecule has 0 bridgehead atoms. The van der Waals surface area contributed by atoms with E-state index >= 15 is 0 Å². The highest BCUT2D eigenvalue weighted by molar-refractivity contribution is 7.80. The molecule has 0 spiro atoms. The standard InChI is InChI=1S/C10H19F3N2S/c1-4-5-7(2)15(3)6-8(9(14)16)10(11,12)13/h7-8H,4-6H2,1-3H3,(H2,14,16). The minimum absolute atomic E-state index is 0.101. The first-order valence-electron chi connectivity index (χ1n) is 5.26. The molecule has 0 heterocycles. The van der Waals surface area contributed by atoms with Crippen LogP contribution < -0.4 is 5.73 Å². The molecule has 0 aliphatic rings. The summed E-state index contributed by atoms with van der Waals surface area (Å²) in [6.07, 6.45) is -2.56. The second kappa shape index (κ2) is 6.39. The first-order chi connectivity index (χ1) is 7.20. The third kappa shape index (κ3) is 5.12. The lowest BCUT2D eigenvalue weighted by atomic mass is 10.1. The van der Waals surface area contributed by atoms with E-state index in [0.717, 1.165) is 12.8 Å². The maximum Gasteiger partial charge on any atom is 0.399 e. The smallest absolute Gasteiger partial charge is 0.393 e. The molecule has 2 N–H and O–H groups in total. The molecule has 16 heavy (non-hydrogen) atoms. The third-order valence-corrected chi connectivity index (χ3v) is 2.95. The Balaban J connectivity index is 4.47. The fourth-order valence-electron chi connectivity index (χ4n) is 1.46. The summed E-state index contributed by atoms with van der Waals surface area (Å²) >= 11 is 4.47. The molecule has 6 heteroatoms. The summed E-state index contributed by atoms with van der Waals surface area (Å²) in [7, 11) is 1.66. The topological polar surface area (TPSA) is 29.3 Å². The van der Waals surface area contributed by atoms with Crippen LogP contribution in [0.2, 0.25) is 0 Å². The quantitative estimate of drug-likeness (QED) is 0.741. The third-order valence-electron chi connectivity index (χ3n) is 2.67.